The summed E-state index contributed by atoms with van der Waals surface area (Å²) < 4.78 is 0. The van der Waals surface area contributed by atoms with Crippen LogP contribution in [-0.2, 0) is 4.79 Å². The monoisotopic (exact) mass is 358 g/mol. The number of hydrogen-bond acceptors (Lipinski definition) is 4. The predicted molar refractivity (Wildman–Crippen MR) is 102 cm³/mol. The second-order valence-corrected chi connectivity index (χ2v) is 7.47. The van der Waals surface area contributed by atoms with Gasteiger partial charge in [-0.25, -0.2) is 0 Å². The molecule has 1 atom stereocenters. The second kappa shape index (κ2) is 8.64. The molecule has 0 unspecified atom stereocenters. The topological polar surface area (TPSA) is 64.7 Å². The molecule has 142 valence electrons. The summed E-state index contributed by atoms with van der Waals surface area (Å²) in [6.07, 6.45) is 1.64. The lowest BCUT2D eigenvalue weighted by atomic mass is 10.0. The molecule has 2 fully saturated rings. The molecule has 6 heteroatoms. The highest BCUT2D eigenvalue weighted by molar-refractivity contribution is 5.95. The van der Waals surface area contributed by atoms with E-state index >= 15 is 0 Å². The summed E-state index contributed by atoms with van der Waals surface area (Å²) in [5.41, 5.74) is 1.72. The summed E-state index contributed by atoms with van der Waals surface area (Å²) in [7, 11) is 0. The van der Waals surface area contributed by atoms with E-state index in [-0.39, 0.29) is 17.9 Å². The van der Waals surface area contributed by atoms with Gasteiger partial charge in [-0.1, -0.05) is 18.2 Å². The number of aryl methyl sites for hydroxylation is 1. The standard InChI is InChI=1S/C20H30N4O2/c1-15-5-3-4-6-18(15)20(26)22-17-7-10-23(11-8-17)19(25)14-24-12-9-21-13-16(24)2/h3-6,16-17,21H,7-14H2,1-2H3,(H,22,26)/t16-/m1/s1. The molecule has 0 bridgehead atoms. The van der Waals surface area contributed by atoms with Crippen molar-refractivity contribution in [2.75, 3.05) is 39.3 Å². The number of nitrogens with zero attached hydrogens (tertiary/aromatic N) is 2. The van der Waals surface area contributed by atoms with Crippen molar-refractivity contribution in [2.24, 2.45) is 0 Å². The smallest absolute Gasteiger partial charge is 0.251 e. The zero-order chi connectivity index (χ0) is 18.5. The Morgan fingerprint density at radius 1 is 1.19 bits per heavy atom. The Morgan fingerprint density at radius 3 is 2.62 bits per heavy atom. The molecule has 2 aliphatic heterocycles. The third kappa shape index (κ3) is 4.62. The third-order valence-corrected chi connectivity index (χ3v) is 5.55. The number of piperidine rings is 1. The van der Waals surface area contributed by atoms with E-state index in [1.165, 1.54) is 0 Å². The van der Waals surface area contributed by atoms with Crippen molar-refractivity contribution in [3.8, 4) is 0 Å². The van der Waals surface area contributed by atoms with Crippen molar-refractivity contribution in [2.45, 2.75) is 38.8 Å². The minimum absolute atomic E-state index is 0.0116. The van der Waals surface area contributed by atoms with Gasteiger partial charge in [0.2, 0.25) is 5.91 Å². The van der Waals surface area contributed by atoms with Crippen LogP contribution in [0.25, 0.3) is 0 Å². The lowest BCUT2D eigenvalue weighted by Crippen LogP contribution is -2.54. The van der Waals surface area contributed by atoms with Crippen molar-refractivity contribution < 1.29 is 9.59 Å². The molecule has 1 aromatic carbocycles. The van der Waals surface area contributed by atoms with Crippen LogP contribution in [0.15, 0.2) is 24.3 Å². The number of nitrogens with one attached hydrogen (secondary N) is 2. The molecule has 2 aliphatic rings. The van der Waals surface area contributed by atoms with Crippen molar-refractivity contribution in [3.63, 3.8) is 0 Å². The van der Waals surface area contributed by atoms with Crippen LogP contribution in [0.4, 0.5) is 0 Å². The van der Waals surface area contributed by atoms with Crippen LogP contribution in [0.3, 0.4) is 0 Å². The maximum Gasteiger partial charge on any atom is 0.251 e. The van der Waals surface area contributed by atoms with E-state index in [4.69, 9.17) is 0 Å². The number of benzene rings is 1. The quantitative estimate of drug-likeness (QED) is 0.843. The zero-order valence-electron chi connectivity index (χ0n) is 15.8. The van der Waals surface area contributed by atoms with Crippen LogP contribution in [0, 0.1) is 6.92 Å². The third-order valence-electron chi connectivity index (χ3n) is 5.55. The molecule has 0 saturated carbocycles. The SMILES string of the molecule is Cc1ccccc1C(=O)NC1CCN(C(=O)CN2CCNC[C@H]2C)CC1. The summed E-state index contributed by atoms with van der Waals surface area (Å²) in [5, 5.41) is 6.48. The molecular weight excluding hydrogens is 328 g/mol. The second-order valence-electron chi connectivity index (χ2n) is 7.47. The molecule has 2 heterocycles. The van der Waals surface area contributed by atoms with Crippen molar-refractivity contribution in [3.05, 3.63) is 35.4 Å². The number of carbonyl (C=O) groups is 2. The highest BCUT2D eigenvalue weighted by Crippen LogP contribution is 2.14. The summed E-state index contributed by atoms with van der Waals surface area (Å²) in [6, 6.07) is 8.18. The fourth-order valence-electron chi connectivity index (χ4n) is 3.76. The van der Waals surface area contributed by atoms with Gasteiger partial charge in [-0.15, -0.1) is 0 Å². The molecule has 2 amide bonds. The molecule has 0 aromatic heterocycles. The molecule has 1 aromatic rings. The van der Waals surface area contributed by atoms with Gasteiger partial charge in [-0.3, -0.25) is 14.5 Å². The lowest BCUT2D eigenvalue weighted by molar-refractivity contribution is -0.134. The minimum atomic E-state index is -0.0116. The van der Waals surface area contributed by atoms with E-state index in [0.29, 0.717) is 12.6 Å². The minimum Gasteiger partial charge on any atom is -0.349 e. The molecule has 3 rings (SSSR count). The van der Waals surface area contributed by atoms with E-state index in [2.05, 4.69) is 22.5 Å². The molecule has 26 heavy (non-hydrogen) atoms. The zero-order valence-corrected chi connectivity index (χ0v) is 15.8. The van der Waals surface area contributed by atoms with Crippen molar-refractivity contribution in [1.29, 1.82) is 0 Å². The number of amides is 2. The van der Waals surface area contributed by atoms with Crippen molar-refractivity contribution in [1.82, 2.24) is 20.4 Å². The first-order chi connectivity index (χ1) is 12.5. The molecule has 2 N–H and O–H groups in total. The molecule has 6 nitrogen and oxygen atoms in total. The average molecular weight is 358 g/mol. The number of carbonyl (C=O) groups excluding carboxylic acids is 2. The summed E-state index contributed by atoms with van der Waals surface area (Å²) in [4.78, 5) is 29.2. The number of rotatable bonds is 4. The number of hydrogen-bond donors (Lipinski definition) is 2. The van der Waals surface area contributed by atoms with Crippen LogP contribution in [0.1, 0.15) is 35.7 Å². The lowest BCUT2D eigenvalue weighted by Gasteiger charge is -2.37. The van der Waals surface area contributed by atoms with E-state index in [1.54, 1.807) is 0 Å². The van der Waals surface area contributed by atoms with Gasteiger partial charge in [-0.2, -0.15) is 0 Å². The van der Waals surface area contributed by atoms with Gasteiger partial charge in [0.05, 0.1) is 6.54 Å². The van der Waals surface area contributed by atoms with Gasteiger partial charge < -0.3 is 15.5 Å². The molecule has 0 aliphatic carbocycles. The molecule has 2 saturated heterocycles. The van der Waals surface area contributed by atoms with Crippen LogP contribution < -0.4 is 10.6 Å². The Kier molecular flexibility index (Phi) is 6.27. The van der Waals surface area contributed by atoms with Crippen LogP contribution in [-0.4, -0.2) is 73.0 Å². The predicted octanol–water partition coefficient (Wildman–Crippen LogP) is 1.01. The normalized spacial score (nSPS) is 22.2. The molecule has 0 spiro atoms. The Bertz CT molecular complexity index is 640. The Morgan fingerprint density at radius 2 is 1.92 bits per heavy atom. The van der Waals surface area contributed by atoms with E-state index in [1.807, 2.05) is 36.1 Å². The van der Waals surface area contributed by atoms with Crippen molar-refractivity contribution >= 4 is 11.8 Å². The highest BCUT2D eigenvalue weighted by Gasteiger charge is 2.27. The van der Waals surface area contributed by atoms with Gasteiger partial charge >= 0.3 is 0 Å². The molecular formula is C20H30N4O2. The van der Waals surface area contributed by atoms with Gasteiger partial charge in [0, 0.05) is 50.4 Å². The van der Waals surface area contributed by atoms with Crippen LogP contribution in [0.5, 0.6) is 0 Å². The van der Waals surface area contributed by atoms with E-state index < -0.39 is 0 Å². The van der Waals surface area contributed by atoms with Gasteiger partial charge in [0.1, 0.15) is 0 Å². The van der Waals surface area contributed by atoms with Gasteiger partial charge in [-0.05, 0) is 38.3 Å². The maximum absolute atomic E-state index is 12.6. The first kappa shape index (κ1) is 18.9. The Labute approximate surface area is 155 Å². The highest BCUT2D eigenvalue weighted by atomic mass is 16.2. The maximum atomic E-state index is 12.6. The largest absolute Gasteiger partial charge is 0.349 e. The average Bonchev–Trinajstić information content (AvgIpc) is 2.64. The summed E-state index contributed by atoms with van der Waals surface area (Å²) in [6.45, 7) is 8.87. The summed E-state index contributed by atoms with van der Waals surface area (Å²) in [5.74, 6) is 0.199. The van der Waals surface area contributed by atoms with Crippen LogP contribution >= 0.6 is 0 Å². The van der Waals surface area contributed by atoms with Gasteiger partial charge in [0.25, 0.3) is 5.91 Å². The fraction of sp³-hybridized carbons (Fsp3) is 0.600. The fourth-order valence-corrected chi connectivity index (χ4v) is 3.76. The Hall–Kier alpha value is -1.92. The number of likely N-dealkylation sites (tertiary alicyclic amines) is 1. The number of piperazine rings is 1. The van der Waals surface area contributed by atoms with Crippen LogP contribution in [0.2, 0.25) is 0 Å². The Balaban J connectivity index is 1.46. The van der Waals surface area contributed by atoms with E-state index in [9.17, 15) is 9.59 Å². The van der Waals surface area contributed by atoms with E-state index in [0.717, 1.165) is 56.7 Å². The van der Waals surface area contributed by atoms with Gasteiger partial charge in [0.15, 0.2) is 0 Å². The summed E-state index contributed by atoms with van der Waals surface area (Å²) >= 11 is 0. The first-order valence-corrected chi connectivity index (χ1v) is 9.63. The first-order valence-electron chi connectivity index (χ1n) is 9.63. The molecule has 0 radical (unpaired) electrons.